The smallest absolute Gasteiger partial charge is 0.338 e. The Labute approximate surface area is 184 Å². The summed E-state index contributed by atoms with van der Waals surface area (Å²) in [4.78, 5) is 11.9. The summed E-state index contributed by atoms with van der Waals surface area (Å²) in [6.07, 6.45) is 3.43. The van der Waals surface area contributed by atoms with Gasteiger partial charge in [0.1, 0.15) is 0 Å². The van der Waals surface area contributed by atoms with E-state index < -0.39 is 16.0 Å². The number of hydrogen-bond donors (Lipinski definition) is 1. The summed E-state index contributed by atoms with van der Waals surface area (Å²) >= 11 is 0. The molecule has 31 heavy (non-hydrogen) atoms. The minimum Gasteiger partial charge on any atom is -0.465 e. The fourth-order valence-electron chi connectivity index (χ4n) is 3.29. The topological polar surface area (TPSA) is 72.5 Å². The van der Waals surface area contributed by atoms with Gasteiger partial charge in [-0.25, -0.2) is 13.2 Å². The Bertz CT molecular complexity index is 1150. The molecule has 0 fully saturated rings. The van der Waals surface area contributed by atoms with Crippen LogP contribution >= 0.6 is 0 Å². The lowest BCUT2D eigenvalue weighted by Gasteiger charge is -2.11. The molecular formula is C25H27NO4S. The van der Waals surface area contributed by atoms with E-state index in [1.54, 1.807) is 25.1 Å². The van der Waals surface area contributed by atoms with Gasteiger partial charge in [-0.05, 0) is 66.3 Å². The van der Waals surface area contributed by atoms with Crippen LogP contribution in [-0.4, -0.2) is 21.5 Å². The standard InChI is InChI=1S/C25H27NO4S/c1-4-5-6-19-8-10-20(11-9-19)21-12-14-22(15-13-21)26-31(28,29)23-16-7-18(2)24(17-23)25(27)30-3/h7-17,26H,4-6H2,1-3H3. The number of rotatable bonds is 8. The molecule has 0 radical (unpaired) electrons. The van der Waals surface area contributed by atoms with Gasteiger partial charge in [0, 0.05) is 5.69 Å². The fraction of sp³-hybridized carbons (Fsp3) is 0.240. The van der Waals surface area contributed by atoms with Crippen LogP contribution in [0.25, 0.3) is 11.1 Å². The number of unbranched alkanes of at least 4 members (excludes halogenated alkanes) is 1. The van der Waals surface area contributed by atoms with Crippen molar-refractivity contribution in [1.29, 1.82) is 0 Å². The number of anilines is 1. The summed E-state index contributed by atoms with van der Waals surface area (Å²) in [5, 5.41) is 0. The number of carbonyl (C=O) groups is 1. The van der Waals surface area contributed by atoms with Crippen LogP contribution in [0, 0.1) is 6.92 Å². The van der Waals surface area contributed by atoms with Gasteiger partial charge in [-0.15, -0.1) is 0 Å². The monoisotopic (exact) mass is 437 g/mol. The molecule has 6 heteroatoms. The predicted molar refractivity (Wildman–Crippen MR) is 124 cm³/mol. The Morgan fingerprint density at radius 2 is 1.55 bits per heavy atom. The van der Waals surface area contributed by atoms with Gasteiger partial charge >= 0.3 is 5.97 Å². The summed E-state index contributed by atoms with van der Waals surface area (Å²) in [7, 11) is -2.58. The van der Waals surface area contributed by atoms with Gasteiger partial charge < -0.3 is 4.74 Å². The number of methoxy groups -OCH3 is 1. The van der Waals surface area contributed by atoms with E-state index >= 15 is 0 Å². The minimum atomic E-state index is -3.84. The number of hydrogen-bond acceptors (Lipinski definition) is 4. The molecule has 0 bridgehead atoms. The van der Waals surface area contributed by atoms with Crippen molar-refractivity contribution < 1.29 is 17.9 Å². The van der Waals surface area contributed by atoms with E-state index in [4.69, 9.17) is 4.74 Å². The maximum Gasteiger partial charge on any atom is 0.338 e. The first-order valence-corrected chi connectivity index (χ1v) is 11.7. The van der Waals surface area contributed by atoms with Crippen molar-refractivity contribution in [3.8, 4) is 11.1 Å². The molecule has 0 aliphatic heterocycles. The Kier molecular flexibility index (Phi) is 7.13. The van der Waals surface area contributed by atoms with Crippen LogP contribution in [0.1, 0.15) is 41.3 Å². The van der Waals surface area contributed by atoms with Crippen LogP contribution in [-0.2, 0) is 21.2 Å². The predicted octanol–water partition coefficient (Wildman–Crippen LogP) is 5.59. The van der Waals surface area contributed by atoms with Crippen LogP contribution < -0.4 is 4.72 Å². The van der Waals surface area contributed by atoms with Crippen LogP contribution in [0.3, 0.4) is 0 Å². The van der Waals surface area contributed by atoms with Gasteiger partial charge in [0.25, 0.3) is 10.0 Å². The SMILES string of the molecule is CCCCc1ccc(-c2ccc(NS(=O)(=O)c3ccc(C)c(C(=O)OC)c3)cc2)cc1. The molecule has 1 N–H and O–H groups in total. The molecule has 3 rings (SSSR count). The highest BCUT2D eigenvalue weighted by atomic mass is 32.2. The lowest BCUT2D eigenvalue weighted by atomic mass is 10.0. The number of ether oxygens (including phenoxy) is 1. The summed E-state index contributed by atoms with van der Waals surface area (Å²) in [6.45, 7) is 3.91. The third-order valence-corrected chi connectivity index (χ3v) is 6.55. The molecule has 5 nitrogen and oxygen atoms in total. The Morgan fingerprint density at radius 1 is 0.935 bits per heavy atom. The molecule has 0 aliphatic rings. The first kappa shape index (κ1) is 22.6. The summed E-state index contributed by atoms with van der Waals surface area (Å²) in [6, 6.07) is 20.1. The molecule has 0 atom stereocenters. The first-order valence-electron chi connectivity index (χ1n) is 10.2. The molecule has 3 aromatic carbocycles. The van der Waals surface area contributed by atoms with E-state index in [1.165, 1.54) is 37.6 Å². The van der Waals surface area contributed by atoms with Crippen LogP contribution in [0.2, 0.25) is 0 Å². The molecular weight excluding hydrogens is 410 g/mol. The number of benzene rings is 3. The van der Waals surface area contributed by atoms with Gasteiger partial charge in [0.15, 0.2) is 0 Å². The third kappa shape index (κ3) is 5.52. The van der Waals surface area contributed by atoms with E-state index in [9.17, 15) is 13.2 Å². The molecule has 0 spiro atoms. The molecule has 3 aromatic rings. The van der Waals surface area contributed by atoms with Crippen LogP contribution in [0.5, 0.6) is 0 Å². The highest BCUT2D eigenvalue weighted by Gasteiger charge is 2.18. The Morgan fingerprint density at radius 3 is 2.13 bits per heavy atom. The quantitative estimate of drug-likeness (QED) is 0.466. The number of esters is 1. The molecule has 0 aromatic heterocycles. The van der Waals surface area contributed by atoms with Crippen LogP contribution in [0.4, 0.5) is 5.69 Å². The van der Waals surface area contributed by atoms with Crippen molar-refractivity contribution >= 4 is 21.7 Å². The second kappa shape index (κ2) is 9.79. The van der Waals surface area contributed by atoms with Crippen molar-refractivity contribution in [2.75, 3.05) is 11.8 Å². The van der Waals surface area contributed by atoms with Crippen molar-refractivity contribution in [2.45, 2.75) is 38.0 Å². The summed E-state index contributed by atoms with van der Waals surface area (Å²) in [5.41, 5.74) is 4.73. The van der Waals surface area contributed by atoms with E-state index in [1.807, 2.05) is 12.1 Å². The number of nitrogens with one attached hydrogen (secondary N) is 1. The molecule has 0 amide bonds. The highest BCUT2D eigenvalue weighted by Crippen LogP contribution is 2.24. The van der Waals surface area contributed by atoms with Crippen LogP contribution in [0.15, 0.2) is 71.6 Å². The van der Waals surface area contributed by atoms with E-state index in [0.29, 0.717) is 11.3 Å². The van der Waals surface area contributed by atoms with Gasteiger partial charge in [0.2, 0.25) is 0 Å². The van der Waals surface area contributed by atoms with Gasteiger partial charge in [0.05, 0.1) is 17.6 Å². The second-order valence-electron chi connectivity index (χ2n) is 7.45. The molecule has 0 saturated heterocycles. The fourth-order valence-corrected chi connectivity index (χ4v) is 4.37. The minimum absolute atomic E-state index is 0.00486. The largest absolute Gasteiger partial charge is 0.465 e. The van der Waals surface area contributed by atoms with Crippen molar-refractivity contribution in [3.63, 3.8) is 0 Å². The molecule has 0 unspecified atom stereocenters. The van der Waals surface area contributed by atoms with Crippen molar-refractivity contribution in [2.24, 2.45) is 0 Å². The average Bonchev–Trinajstić information content (AvgIpc) is 2.78. The maximum atomic E-state index is 12.8. The summed E-state index contributed by atoms with van der Waals surface area (Å²) < 4.78 is 32.9. The number of sulfonamides is 1. The second-order valence-corrected chi connectivity index (χ2v) is 9.13. The van der Waals surface area contributed by atoms with Crippen molar-refractivity contribution in [1.82, 2.24) is 0 Å². The molecule has 0 saturated carbocycles. The Balaban J connectivity index is 1.77. The third-order valence-electron chi connectivity index (χ3n) is 5.17. The normalized spacial score (nSPS) is 11.2. The lowest BCUT2D eigenvalue weighted by molar-refractivity contribution is 0.0599. The first-order chi connectivity index (χ1) is 14.8. The zero-order chi connectivity index (χ0) is 22.4. The molecule has 0 aliphatic carbocycles. The van der Waals surface area contributed by atoms with E-state index in [0.717, 1.165) is 17.5 Å². The lowest BCUT2D eigenvalue weighted by Crippen LogP contribution is -2.14. The molecule has 0 heterocycles. The zero-order valence-corrected chi connectivity index (χ0v) is 18.8. The highest BCUT2D eigenvalue weighted by molar-refractivity contribution is 7.92. The number of carbonyl (C=O) groups excluding carboxylic acids is 1. The molecule has 162 valence electrons. The summed E-state index contributed by atoms with van der Waals surface area (Å²) in [5.74, 6) is -0.570. The van der Waals surface area contributed by atoms with Gasteiger partial charge in [-0.3, -0.25) is 4.72 Å². The van der Waals surface area contributed by atoms with Gasteiger partial charge in [-0.2, -0.15) is 0 Å². The van der Waals surface area contributed by atoms with Gasteiger partial charge in [-0.1, -0.05) is 55.8 Å². The number of aryl methyl sites for hydroxylation is 2. The zero-order valence-electron chi connectivity index (χ0n) is 18.0. The van der Waals surface area contributed by atoms with Crippen molar-refractivity contribution in [3.05, 3.63) is 83.4 Å². The average molecular weight is 438 g/mol. The maximum absolute atomic E-state index is 12.8. The van der Waals surface area contributed by atoms with E-state index in [2.05, 4.69) is 35.9 Å². The Hall–Kier alpha value is -3.12. The van der Waals surface area contributed by atoms with E-state index in [-0.39, 0.29) is 10.5 Å².